The summed E-state index contributed by atoms with van der Waals surface area (Å²) in [5.74, 6) is 0.626. The van der Waals surface area contributed by atoms with Crippen LogP contribution in [0.5, 0.6) is 23.0 Å². The highest BCUT2D eigenvalue weighted by molar-refractivity contribution is 5.89. The first-order valence-corrected chi connectivity index (χ1v) is 12.3. The van der Waals surface area contributed by atoms with E-state index in [2.05, 4.69) is 41.5 Å². The Labute approximate surface area is 213 Å². The average Bonchev–Trinajstić information content (AvgIpc) is 2.80. The van der Waals surface area contributed by atoms with Gasteiger partial charge in [-0.25, -0.2) is 0 Å². The van der Waals surface area contributed by atoms with E-state index >= 15 is 0 Å². The summed E-state index contributed by atoms with van der Waals surface area (Å²) in [5, 5.41) is 35.6. The topological polar surface area (TPSA) is 69.9 Å². The normalized spacial score (nSPS) is 13.1. The molecule has 4 rings (SSSR count). The maximum absolute atomic E-state index is 11.4. The van der Waals surface area contributed by atoms with Gasteiger partial charge in [0.25, 0.3) is 0 Å². The van der Waals surface area contributed by atoms with E-state index in [9.17, 15) is 15.3 Å². The number of phenolic OH excluding ortho intramolecular Hbond substituents is 3. The Kier molecular flexibility index (Phi) is 6.42. The van der Waals surface area contributed by atoms with E-state index in [1.54, 1.807) is 25.3 Å². The molecular formula is C32H36O4. The average molecular weight is 485 g/mol. The highest BCUT2D eigenvalue weighted by Gasteiger charge is 2.31. The minimum atomic E-state index is -0.519. The zero-order chi connectivity index (χ0) is 26.4. The second-order valence-corrected chi connectivity index (χ2v) is 11.5. The molecule has 3 N–H and O–H groups in total. The van der Waals surface area contributed by atoms with Crippen molar-refractivity contribution in [3.8, 4) is 23.0 Å². The number of aromatic hydroxyl groups is 3. The van der Waals surface area contributed by atoms with Gasteiger partial charge in [-0.2, -0.15) is 0 Å². The molecule has 4 heteroatoms. The smallest absolute Gasteiger partial charge is 0.123 e. The van der Waals surface area contributed by atoms with Crippen LogP contribution in [0.2, 0.25) is 0 Å². The monoisotopic (exact) mass is 484 g/mol. The van der Waals surface area contributed by atoms with Crippen molar-refractivity contribution in [3.05, 3.63) is 94.5 Å². The van der Waals surface area contributed by atoms with Gasteiger partial charge in [0.05, 0.1) is 7.11 Å². The summed E-state index contributed by atoms with van der Waals surface area (Å²) in [7, 11) is 1.59. The maximum Gasteiger partial charge on any atom is 0.123 e. The quantitative estimate of drug-likeness (QED) is 0.259. The first kappa shape index (κ1) is 25.4. The van der Waals surface area contributed by atoms with Crippen molar-refractivity contribution in [2.24, 2.45) is 0 Å². The molecule has 0 aromatic heterocycles. The Hall–Kier alpha value is -3.66. The van der Waals surface area contributed by atoms with Crippen molar-refractivity contribution in [2.75, 3.05) is 7.11 Å². The molecule has 0 heterocycles. The lowest BCUT2D eigenvalue weighted by Gasteiger charge is -2.31. The summed E-state index contributed by atoms with van der Waals surface area (Å²) < 4.78 is 5.51. The molecule has 4 aromatic rings. The second kappa shape index (κ2) is 9.09. The predicted molar refractivity (Wildman–Crippen MR) is 147 cm³/mol. The summed E-state index contributed by atoms with van der Waals surface area (Å²) in [6.07, 6.45) is 0. The second-order valence-electron chi connectivity index (χ2n) is 11.5. The summed E-state index contributed by atoms with van der Waals surface area (Å²) in [6, 6.07) is 20.7. The summed E-state index contributed by atoms with van der Waals surface area (Å²) in [6.45, 7) is 12.5. The van der Waals surface area contributed by atoms with Gasteiger partial charge in [0.2, 0.25) is 0 Å². The van der Waals surface area contributed by atoms with Gasteiger partial charge in [-0.1, -0.05) is 84.0 Å². The number of fused-ring (bicyclic) bond motifs is 1. The number of benzene rings is 4. The van der Waals surface area contributed by atoms with Crippen LogP contribution in [0, 0.1) is 0 Å². The van der Waals surface area contributed by atoms with Gasteiger partial charge in [0, 0.05) is 17.0 Å². The Bertz CT molecular complexity index is 1390. The molecule has 4 aromatic carbocycles. The Morgan fingerprint density at radius 1 is 0.694 bits per heavy atom. The highest BCUT2D eigenvalue weighted by Crippen LogP contribution is 2.48. The number of rotatable bonds is 4. The van der Waals surface area contributed by atoms with Crippen LogP contribution in [0.25, 0.3) is 10.8 Å². The number of hydrogen-bond donors (Lipinski definition) is 3. The Morgan fingerprint density at radius 3 is 1.86 bits per heavy atom. The van der Waals surface area contributed by atoms with Crippen molar-refractivity contribution < 1.29 is 20.1 Å². The lowest BCUT2D eigenvalue weighted by atomic mass is 9.74. The number of phenols is 3. The Morgan fingerprint density at radius 2 is 1.28 bits per heavy atom. The number of ether oxygens (including phenoxy) is 1. The van der Waals surface area contributed by atoms with Crippen LogP contribution in [0.15, 0.2) is 66.7 Å². The third kappa shape index (κ3) is 4.60. The van der Waals surface area contributed by atoms with Gasteiger partial charge in [-0.05, 0) is 62.6 Å². The first-order chi connectivity index (χ1) is 16.8. The molecule has 0 unspecified atom stereocenters. The number of hydrogen-bond acceptors (Lipinski definition) is 4. The van der Waals surface area contributed by atoms with Crippen molar-refractivity contribution in [3.63, 3.8) is 0 Å². The van der Waals surface area contributed by atoms with Crippen molar-refractivity contribution in [1.29, 1.82) is 0 Å². The Balaban J connectivity index is 2.17. The molecule has 0 bridgehead atoms. The summed E-state index contributed by atoms with van der Waals surface area (Å²) in [5.41, 5.74) is 3.16. The molecule has 0 aliphatic carbocycles. The highest BCUT2D eigenvalue weighted by atomic mass is 16.5. The molecule has 0 amide bonds. The molecule has 0 aliphatic rings. The summed E-state index contributed by atoms with van der Waals surface area (Å²) in [4.78, 5) is 0. The minimum absolute atomic E-state index is 0.107. The van der Waals surface area contributed by atoms with Gasteiger partial charge < -0.3 is 20.1 Å². The number of methoxy groups -OCH3 is 1. The minimum Gasteiger partial charge on any atom is -0.508 e. The van der Waals surface area contributed by atoms with Crippen LogP contribution >= 0.6 is 0 Å². The van der Waals surface area contributed by atoms with E-state index in [-0.39, 0.29) is 28.1 Å². The molecular weight excluding hydrogens is 448 g/mol. The van der Waals surface area contributed by atoms with Crippen molar-refractivity contribution in [1.82, 2.24) is 0 Å². The molecule has 36 heavy (non-hydrogen) atoms. The van der Waals surface area contributed by atoms with E-state index in [0.29, 0.717) is 16.9 Å². The molecule has 0 saturated carbocycles. The van der Waals surface area contributed by atoms with Gasteiger partial charge in [-0.15, -0.1) is 0 Å². The van der Waals surface area contributed by atoms with Crippen LogP contribution in [0.4, 0.5) is 0 Å². The fourth-order valence-electron chi connectivity index (χ4n) is 4.95. The molecule has 0 saturated heterocycles. The van der Waals surface area contributed by atoms with Gasteiger partial charge >= 0.3 is 0 Å². The van der Waals surface area contributed by atoms with Crippen LogP contribution < -0.4 is 4.74 Å². The molecule has 1 atom stereocenters. The van der Waals surface area contributed by atoms with E-state index in [1.165, 1.54) is 0 Å². The third-order valence-corrected chi connectivity index (χ3v) is 6.86. The molecule has 4 nitrogen and oxygen atoms in total. The van der Waals surface area contributed by atoms with E-state index in [1.807, 2.05) is 48.5 Å². The van der Waals surface area contributed by atoms with Crippen molar-refractivity contribution >= 4 is 10.8 Å². The maximum atomic E-state index is 11.4. The fraction of sp³-hybridized carbons (Fsp3) is 0.312. The van der Waals surface area contributed by atoms with E-state index in [4.69, 9.17) is 4.74 Å². The molecule has 188 valence electrons. The zero-order valence-corrected chi connectivity index (χ0v) is 22.2. The van der Waals surface area contributed by atoms with Gasteiger partial charge in [-0.3, -0.25) is 0 Å². The third-order valence-electron chi connectivity index (χ3n) is 6.86. The van der Waals surface area contributed by atoms with E-state index < -0.39 is 5.92 Å². The molecule has 0 spiro atoms. The standard InChI is InChI=1S/C32H36O4/c1-31(2,3)24-16-20(17-25(30(24)35)32(4,5)6)28(23-18-21(36-7)13-15-26(23)33)29-22-11-9-8-10-19(22)12-14-27(29)34/h8-18,28,33-35H,1-7H3/t28-/m0/s1. The largest absolute Gasteiger partial charge is 0.508 e. The molecule has 0 aliphatic heterocycles. The SMILES string of the molecule is COc1ccc(O)c([C@H](c2cc(C(C)(C)C)c(O)c(C(C)(C)C)c2)c2c(O)ccc3ccccc23)c1. The van der Waals surface area contributed by atoms with E-state index in [0.717, 1.165) is 27.5 Å². The fourth-order valence-corrected chi connectivity index (χ4v) is 4.95. The molecule has 0 radical (unpaired) electrons. The van der Waals surface area contributed by atoms with Crippen molar-refractivity contribution in [2.45, 2.75) is 58.3 Å². The zero-order valence-electron chi connectivity index (χ0n) is 22.2. The van der Waals surface area contributed by atoms with Crippen LogP contribution in [-0.2, 0) is 10.8 Å². The van der Waals surface area contributed by atoms with Crippen LogP contribution in [0.1, 0.15) is 75.3 Å². The van der Waals surface area contributed by atoms with Gasteiger partial charge in [0.15, 0.2) is 0 Å². The first-order valence-electron chi connectivity index (χ1n) is 12.3. The van der Waals surface area contributed by atoms with Gasteiger partial charge in [0.1, 0.15) is 23.0 Å². The predicted octanol–water partition coefficient (Wildman–Crippen LogP) is 7.74. The lowest BCUT2D eigenvalue weighted by Crippen LogP contribution is -2.19. The van der Waals surface area contributed by atoms with Crippen LogP contribution in [-0.4, -0.2) is 22.4 Å². The molecule has 0 fully saturated rings. The summed E-state index contributed by atoms with van der Waals surface area (Å²) >= 11 is 0. The van der Waals surface area contributed by atoms with Crippen LogP contribution in [0.3, 0.4) is 0 Å². The lowest BCUT2D eigenvalue weighted by molar-refractivity contribution is 0.410.